The predicted molar refractivity (Wildman–Crippen MR) is 109 cm³/mol. The smallest absolute Gasteiger partial charge is 0.357 e. The van der Waals surface area contributed by atoms with E-state index in [0.717, 1.165) is 36.3 Å². The van der Waals surface area contributed by atoms with Crippen LogP contribution in [0, 0.1) is 5.92 Å². The maximum absolute atomic E-state index is 12.7. The Kier molecular flexibility index (Phi) is 5.68. The highest BCUT2D eigenvalue weighted by molar-refractivity contribution is 6.30. The van der Waals surface area contributed by atoms with Crippen LogP contribution in [-0.4, -0.2) is 22.0 Å². The Morgan fingerprint density at radius 1 is 1.04 bits per heavy atom. The summed E-state index contributed by atoms with van der Waals surface area (Å²) in [5, 5.41) is 0.733. The van der Waals surface area contributed by atoms with Crippen molar-refractivity contribution in [1.82, 2.24) is 9.97 Å². The van der Waals surface area contributed by atoms with Crippen LogP contribution < -0.4 is 0 Å². The van der Waals surface area contributed by atoms with E-state index in [2.05, 4.69) is 9.97 Å². The van der Waals surface area contributed by atoms with Gasteiger partial charge in [-0.25, -0.2) is 14.8 Å². The van der Waals surface area contributed by atoms with Gasteiger partial charge in [-0.05, 0) is 55.4 Å². The van der Waals surface area contributed by atoms with Crippen LogP contribution in [0.2, 0.25) is 5.02 Å². The number of hydrogen-bond acceptors (Lipinski definition) is 4. The summed E-state index contributed by atoms with van der Waals surface area (Å²) in [6, 6.07) is 19.1. The van der Waals surface area contributed by atoms with E-state index in [0.29, 0.717) is 17.4 Å². The number of carbonyl (C=O) groups is 1. The van der Waals surface area contributed by atoms with Gasteiger partial charge in [-0.15, -0.1) is 0 Å². The topological polar surface area (TPSA) is 52.1 Å². The maximum Gasteiger partial charge on any atom is 0.357 e. The van der Waals surface area contributed by atoms with Crippen molar-refractivity contribution in [3.8, 4) is 11.4 Å². The summed E-state index contributed by atoms with van der Waals surface area (Å²) in [5.41, 5.74) is 2.38. The van der Waals surface area contributed by atoms with Crippen molar-refractivity contribution in [3.05, 3.63) is 83.1 Å². The molecule has 0 aliphatic heterocycles. The largest absolute Gasteiger partial charge is 0.457 e. The number of halogens is 1. The van der Waals surface area contributed by atoms with Gasteiger partial charge in [0.15, 0.2) is 11.5 Å². The highest BCUT2D eigenvalue weighted by Gasteiger charge is 2.31. The molecule has 2 unspecified atom stereocenters. The quantitative estimate of drug-likeness (QED) is 0.548. The summed E-state index contributed by atoms with van der Waals surface area (Å²) in [5.74, 6) is 0.465. The van der Waals surface area contributed by atoms with E-state index in [9.17, 15) is 4.79 Å². The fraction of sp³-hybridized carbons (Fsp3) is 0.261. The van der Waals surface area contributed by atoms with Crippen LogP contribution in [0.15, 0.2) is 66.9 Å². The van der Waals surface area contributed by atoms with E-state index in [-0.39, 0.29) is 12.1 Å². The first kappa shape index (κ1) is 18.6. The van der Waals surface area contributed by atoms with Crippen LogP contribution in [-0.2, 0) is 11.2 Å². The molecular formula is C23H21ClN2O2. The zero-order valence-electron chi connectivity index (χ0n) is 15.4. The van der Waals surface area contributed by atoms with Crippen molar-refractivity contribution in [2.45, 2.75) is 31.8 Å². The van der Waals surface area contributed by atoms with Crippen LogP contribution in [0.1, 0.15) is 35.3 Å². The average Bonchev–Trinajstić information content (AvgIpc) is 3.17. The molecule has 2 atom stereocenters. The highest BCUT2D eigenvalue weighted by Crippen LogP contribution is 2.32. The Morgan fingerprint density at radius 3 is 2.61 bits per heavy atom. The van der Waals surface area contributed by atoms with Crippen molar-refractivity contribution in [2.75, 3.05) is 0 Å². The van der Waals surface area contributed by atoms with Gasteiger partial charge in [0.05, 0.1) is 0 Å². The molecule has 0 radical (unpaired) electrons. The van der Waals surface area contributed by atoms with Crippen molar-refractivity contribution in [1.29, 1.82) is 0 Å². The Balaban J connectivity index is 1.44. The van der Waals surface area contributed by atoms with Crippen molar-refractivity contribution >= 4 is 17.6 Å². The first-order valence-electron chi connectivity index (χ1n) is 9.53. The van der Waals surface area contributed by atoms with E-state index in [1.54, 1.807) is 12.3 Å². The highest BCUT2D eigenvalue weighted by atomic mass is 35.5. The van der Waals surface area contributed by atoms with E-state index in [4.69, 9.17) is 16.3 Å². The standard InChI is InChI=1S/C23H21ClN2O2/c24-19-11-9-16(10-12-19)15-18-7-4-8-21(18)28-23(27)20-13-14-25-22(26-20)17-5-2-1-3-6-17/h1-3,5-6,9-14,18,21H,4,7-8,15H2. The van der Waals surface area contributed by atoms with Crippen molar-refractivity contribution in [3.63, 3.8) is 0 Å². The number of aromatic nitrogens is 2. The number of rotatable bonds is 5. The van der Waals surface area contributed by atoms with Crippen LogP contribution in [0.3, 0.4) is 0 Å². The first-order chi connectivity index (χ1) is 13.7. The third-order valence-corrected chi connectivity index (χ3v) is 5.41. The Hall–Kier alpha value is -2.72. The number of benzene rings is 2. The molecule has 5 heteroatoms. The zero-order valence-corrected chi connectivity index (χ0v) is 16.2. The summed E-state index contributed by atoms with van der Waals surface area (Å²) in [4.78, 5) is 21.4. The molecule has 4 nitrogen and oxygen atoms in total. The van der Waals surface area contributed by atoms with Gasteiger partial charge in [0.2, 0.25) is 0 Å². The van der Waals surface area contributed by atoms with Crippen LogP contribution >= 0.6 is 11.6 Å². The lowest BCUT2D eigenvalue weighted by Gasteiger charge is -2.20. The monoisotopic (exact) mass is 392 g/mol. The van der Waals surface area contributed by atoms with Crippen molar-refractivity contribution in [2.24, 2.45) is 5.92 Å². The second-order valence-corrected chi connectivity index (χ2v) is 7.53. The molecule has 0 saturated heterocycles. The lowest BCUT2D eigenvalue weighted by atomic mass is 9.96. The Morgan fingerprint density at radius 2 is 1.82 bits per heavy atom. The molecule has 3 aromatic rings. The fourth-order valence-electron chi connectivity index (χ4n) is 3.71. The molecule has 2 aromatic carbocycles. The van der Waals surface area contributed by atoms with Gasteiger partial charge >= 0.3 is 5.97 Å². The van der Waals surface area contributed by atoms with E-state index >= 15 is 0 Å². The fourth-order valence-corrected chi connectivity index (χ4v) is 3.84. The molecule has 1 saturated carbocycles. The number of ether oxygens (including phenoxy) is 1. The summed E-state index contributed by atoms with van der Waals surface area (Å²) >= 11 is 5.97. The van der Waals surface area contributed by atoms with Crippen LogP contribution in [0.5, 0.6) is 0 Å². The Bertz CT molecular complexity index is 944. The summed E-state index contributed by atoms with van der Waals surface area (Å²) in [6.45, 7) is 0. The lowest BCUT2D eigenvalue weighted by Crippen LogP contribution is -2.24. The number of esters is 1. The first-order valence-corrected chi connectivity index (χ1v) is 9.91. The molecule has 142 valence electrons. The van der Waals surface area contributed by atoms with Gasteiger partial charge in [0, 0.05) is 16.8 Å². The summed E-state index contributed by atoms with van der Waals surface area (Å²) in [6.07, 6.45) is 5.41. The minimum Gasteiger partial charge on any atom is -0.457 e. The average molecular weight is 393 g/mol. The molecule has 0 N–H and O–H groups in total. The molecule has 1 aliphatic rings. The molecule has 0 spiro atoms. The molecular weight excluding hydrogens is 372 g/mol. The van der Waals surface area contributed by atoms with Gasteiger partial charge in [-0.1, -0.05) is 54.1 Å². The number of nitrogens with zero attached hydrogens (tertiary/aromatic N) is 2. The normalized spacial score (nSPS) is 18.8. The van der Waals surface area contributed by atoms with E-state index in [1.165, 1.54) is 5.56 Å². The minimum absolute atomic E-state index is 0.0849. The number of hydrogen-bond donors (Lipinski definition) is 0. The minimum atomic E-state index is -0.382. The van der Waals surface area contributed by atoms with Gasteiger partial charge in [-0.2, -0.15) is 0 Å². The van der Waals surface area contributed by atoms with E-state index < -0.39 is 0 Å². The SMILES string of the molecule is O=C(OC1CCCC1Cc1ccc(Cl)cc1)c1ccnc(-c2ccccc2)n1. The molecule has 0 amide bonds. The Labute approximate surface area is 169 Å². The lowest BCUT2D eigenvalue weighted by molar-refractivity contribution is 0.0200. The summed E-state index contributed by atoms with van der Waals surface area (Å²) < 4.78 is 5.84. The molecule has 0 bridgehead atoms. The molecule has 1 fully saturated rings. The molecule has 1 aromatic heterocycles. The van der Waals surface area contributed by atoms with E-state index in [1.807, 2.05) is 54.6 Å². The van der Waals surface area contributed by atoms with Crippen LogP contribution in [0.4, 0.5) is 0 Å². The van der Waals surface area contributed by atoms with Crippen LogP contribution in [0.25, 0.3) is 11.4 Å². The predicted octanol–water partition coefficient (Wildman–Crippen LogP) is 5.37. The van der Waals surface area contributed by atoms with Gasteiger partial charge < -0.3 is 4.74 Å². The van der Waals surface area contributed by atoms with Gasteiger partial charge in [0.25, 0.3) is 0 Å². The van der Waals surface area contributed by atoms with Gasteiger partial charge in [-0.3, -0.25) is 0 Å². The third kappa shape index (κ3) is 4.39. The number of carbonyl (C=O) groups excluding carboxylic acids is 1. The van der Waals surface area contributed by atoms with Gasteiger partial charge in [0.1, 0.15) is 6.10 Å². The second-order valence-electron chi connectivity index (χ2n) is 7.10. The summed E-state index contributed by atoms with van der Waals surface area (Å²) in [7, 11) is 0. The van der Waals surface area contributed by atoms with Crippen molar-refractivity contribution < 1.29 is 9.53 Å². The molecule has 4 rings (SSSR count). The maximum atomic E-state index is 12.7. The zero-order chi connectivity index (χ0) is 19.3. The molecule has 1 heterocycles. The third-order valence-electron chi connectivity index (χ3n) is 5.16. The molecule has 1 aliphatic carbocycles. The second kappa shape index (κ2) is 8.53. The molecule has 28 heavy (non-hydrogen) atoms.